The van der Waals surface area contributed by atoms with Gasteiger partial charge in [0.2, 0.25) is 0 Å². The van der Waals surface area contributed by atoms with Crippen LogP contribution >= 0.6 is 0 Å². The van der Waals surface area contributed by atoms with E-state index in [1.54, 1.807) is 14.2 Å². The highest BCUT2D eigenvalue weighted by Gasteiger charge is 2.27. The van der Waals surface area contributed by atoms with E-state index >= 15 is 0 Å². The lowest BCUT2D eigenvalue weighted by atomic mass is 9.98. The lowest BCUT2D eigenvalue weighted by molar-refractivity contribution is 0.392. The molecule has 1 unspecified atom stereocenters. The van der Waals surface area contributed by atoms with Crippen LogP contribution in [0.1, 0.15) is 55.6 Å². The SMILES string of the molecule is CCNC(=NCc1c(CC)nn(C)c1CC)N1CCC(c2cc(OC)cc(OC)c2)C1. The highest BCUT2D eigenvalue weighted by atomic mass is 16.5. The molecule has 1 aliphatic rings. The van der Waals surface area contributed by atoms with Crippen molar-refractivity contribution in [2.75, 3.05) is 33.9 Å². The summed E-state index contributed by atoms with van der Waals surface area (Å²) in [5, 5.41) is 8.19. The predicted molar refractivity (Wildman–Crippen MR) is 125 cm³/mol. The van der Waals surface area contributed by atoms with Crippen molar-refractivity contribution in [3.63, 3.8) is 0 Å². The van der Waals surface area contributed by atoms with Crippen LogP contribution in [0.4, 0.5) is 0 Å². The molecular weight excluding hydrogens is 390 g/mol. The van der Waals surface area contributed by atoms with Crippen molar-refractivity contribution in [2.24, 2.45) is 12.0 Å². The van der Waals surface area contributed by atoms with Gasteiger partial charge in [-0.3, -0.25) is 4.68 Å². The normalized spacial score (nSPS) is 16.6. The van der Waals surface area contributed by atoms with Crippen LogP contribution in [0.3, 0.4) is 0 Å². The number of nitrogens with zero attached hydrogens (tertiary/aromatic N) is 4. The zero-order valence-corrected chi connectivity index (χ0v) is 19.9. The number of nitrogens with one attached hydrogen (secondary N) is 1. The Morgan fingerprint density at radius 1 is 1.13 bits per heavy atom. The number of ether oxygens (including phenoxy) is 2. The van der Waals surface area contributed by atoms with Gasteiger partial charge in [-0.1, -0.05) is 13.8 Å². The molecule has 0 radical (unpaired) electrons. The zero-order chi connectivity index (χ0) is 22.4. The Morgan fingerprint density at radius 3 is 2.42 bits per heavy atom. The highest BCUT2D eigenvalue weighted by Crippen LogP contribution is 2.33. The molecule has 1 fully saturated rings. The molecular formula is C24H37N5O2. The molecule has 1 atom stereocenters. The van der Waals surface area contributed by atoms with Gasteiger partial charge in [-0.15, -0.1) is 0 Å². The fourth-order valence-electron chi connectivity index (χ4n) is 4.44. The maximum Gasteiger partial charge on any atom is 0.194 e. The summed E-state index contributed by atoms with van der Waals surface area (Å²) in [6, 6.07) is 6.17. The van der Waals surface area contributed by atoms with Crippen LogP contribution in [0, 0.1) is 0 Å². The molecule has 0 bridgehead atoms. The van der Waals surface area contributed by atoms with Gasteiger partial charge in [0, 0.05) is 49.9 Å². The van der Waals surface area contributed by atoms with E-state index in [2.05, 4.69) is 43.1 Å². The number of rotatable bonds is 8. The van der Waals surface area contributed by atoms with Gasteiger partial charge < -0.3 is 19.7 Å². The smallest absolute Gasteiger partial charge is 0.194 e. The van der Waals surface area contributed by atoms with Gasteiger partial charge in [0.25, 0.3) is 0 Å². The van der Waals surface area contributed by atoms with Crippen LogP contribution in [0.25, 0.3) is 0 Å². The third kappa shape index (κ3) is 5.14. The Bertz CT molecular complexity index is 883. The first-order valence-corrected chi connectivity index (χ1v) is 11.3. The molecule has 1 aromatic heterocycles. The molecule has 1 aromatic carbocycles. The number of hydrogen-bond donors (Lipinski definition) is 1. The molecule has 3 rings (SSSR count). The molecule has 0 aliphatic carbocycles. The zero-order valence-electron chi connectivity index (χ0n) is 19.9. The first kappa shape index (κ1) is 23.0. The van der Waals surface area contributed by atoms with E-state index in [0.29, 0.717) is 12.5 Å². The number of guanidine groups is 1. The summed E-state index contributed by atoms with van der Waals surface area (Å²) in [5.74, 6) is 3.07. The average Bonchev–Trinajstić information content (AvgIpc) is 3.40. The molecule has 0 amide bonds. The van der Waals surface area contributed by atoms with Gasteiger partial charge in [0.1, 0.15) is 11.5 Å². The van der Waals surface area contributed by atoms with Crippen LogP contribution in [-0.4, -0.2) is 54.5 Å². The third-order valence-electron chi connectivity index (χ3n) is 6.08. The van der Waals surface area contributed by atoms with Crippen LogP contribution in [-0.2, 0) is 26.4 Å². The third-order valence-corrected chi connectivity index (χ3v) is 6.08. The van der Waals surface area contributed by atoms with Gasteiger partial charge in [-0.25, -0.2) is 4.99 Å². The summed E-state index contributed by atoms with van der Waals surface area (Å²) in [7, 11) is 5.43. The van der Waals surface area contributed by atoms with Gasteiger partial charge in [0.05, 0.1) is 26.5 Å². The molecule has 7 nitrogen and oxygen atoms in total. The molecule has 2 aromatic rings. The summed E-state index contributed by atoms with van der Waals surface area (Å²) in [6.07, 6.45) is 2.97. The van der Waals surface area contributed by atoms with E-state index in [4.69, 9.17) is 19.6 Å². The molecule has 0 spiro atoms. The van der Waals surface area contributed by atoms with E-state index in [0.717, 1.165) is 62.0 Å². The number of methoxy groups -OCH3 is 2. The minimum absolute atomic E-state index is 0.420. The summed E-state index contributed by atoms with van der Waals surface area (Å²) >= 11 is 0. The molecule has 31 heavy (non-hydrogen) atoms. The van der Waals surface area contributed by atoms with Gasteiger partial charge in [0.15, 0.2) is 5.96 Å². The van der Waals surface area contributed by atoms with E-state index in [9.17, 15) is 0 Å². The number of benzene rings is 1. The summed E-state index contributed by atoms with van der Waals surface area (Å²) in [6.45, 7) is 9.88. The standard InChI is InChI=1S/C24H37N5O2/c1-7-22-21(23(8-2)28(4)27-22)15-26-24(25-9-3)29-11-10-17(16-29)18-12-19(30-5)14-20(13-18)31-6/h12-14,17H,7-11,15-16H2,1-6H3,(H,25,26). The largest absolute Gasteiger partial charge is 0.497 e. The Balaban J connectivity index is 1.79. The summed E-state index contributed by atoms with van der Waals surface area (Å²) in [5.41, 5.74) is 4.96. The van der Waals surface area contributed by atoms with E-state index < -0.39 is 0 Å². The molecule has 0 saturated carbocycles. The van der Waals surface area contributed by atoms with Gasteiger partial charge >= 0.3 is 0 Å². The van der Waals surface area contributed by atoms with Crippen molar-refractivity contribution in [3.8, 4) is 11.5 Å². The number of aromatic nitrogens is 2. The van der Waals surface area contributed by atoms with Crippen molar-refractivity contribution in [1.82, 2.24) is 20.0 Å². The fraction of sp³-hybridized carbons (Fsp3) is 0.583. The second-order valence-corrected chi connectivity index (χ2v) is 7.95. The van der Waals surface area contributed by atoms with E-state index in [-0.39, 0.29) is 0 Å². The molecule has 7 heteroatoms. The van der Waals surface area contributed by atoms with Crippen molar-refractivity contribution in [1.29, 1.82) is 0 Å². The number of aryl methyl sites for hydroxylation is 2. The minimum atomic E-state index is 0.420. The lowest BCUT2D eigenvalue weighted by Crippen LogP contribution is -2.40. The molecule has 1 aliphatic heterocycles. The van der Waals surface area contributed by atoms with Crippen LogP contribution in [0.2, 0.25) is 0 Å². The quantitative estimate of drug-likeness (QED) is 0.516. The maximum atomic E-state index is 5.47. The number of aliphatic imine (C=N–C) groups is 1. The van der Waals surface area contributed by atoms with E-state index in [1.165, 1.54) is 16.8 Å². The number of likely N-dealkylation sites (tertiary alicyclic amines) is 1. The van der Waals surface area contributed by atoms with Crippen LogP contribution in [0.15, 0.2) is 23.2 Å². The Morgan fingerprint density at radius 2 is 1.84 bits per heavy atom. The average molecular weight is 428 g/mol. The number of hydrogen-bond acceptors (Lipinski definition) is 4. The maximum absolute atomic E-state index is 5.47. The van der Waals surface area contributed by atoms with Crippen molar-refractivity contribution < 1.29 is 9.47 Å². The minimum Gasteiger partial charge on any atom is -0.497 e. The first-order chi connectivity index (χ1) is 15.0. The second kappa shape index (κ2) is 10.6. The molecule has 170 valence electrons. The highest BCUT2D eigenvalue weighted by molar-refractivity contribution is 5.80. The van der Waals surface area contributed by atoms with Gasteiger partial charge in [-0.05, 0) is 43.9 Å². The predicted octanol–water partition coefficient (Wildman–Crippen LogP) is 3.52. The van der Waals surface area contributed by atoms with Crippen molar-refractivity contribution >= 4 is 5.96 Å². The van der Waals surface area contributed by atoms with Crippen molar-refractivity contribution in [2.45, 2.75) is 52.5 Å². The van der Waals surface area contributed by atoms with Crippen LogP contribution in [0.5, 0.6) is 11.5 Å². The lowest BCUT2D eigenvalue weighted by Gasteiger charge is -2.22. The monoisotopic (exact) mass is 427 g/mol. The van der Waals surface area contributed by atoms with Crippen LogP contribution < -0.4 is 14.8 Å². The Labute approximate surface area is 186 Å². The van der Waals surface area contributed by atoms with Crippen molar-refractivity contribution in [3.05, 3.63) is 40.7 Å². The Hall–Kier alpha value is -2.70. The molecule has 1 saturated heterocycles. The first-order valence-electron chi connectivity index (χ1n) is 11.3. The second-order valence-electron chi connectivity index (χ2n) is 7.95. The topological polar surface area (TPSA) is 63.9 Å². The Kier molecular flexibility index (Phi) is 7.82. The molecule has 1 N–H and O–H groups in total. The summed E-state index contributed by atoms with van der Waals surface area (Å²) in [4.78, 5) is 7.39. The van der Waals surface area contributed by atoms with E-state index in [1.807, 2.05) is 17.8 Å². The fourth-order valence-corrected chi connectivity index (χ4v) is 4.44. The van der Waals surface area contributed by atoms with Gasteiger partial charge in [-0.2, -0.15) is 5.10 Å². The molecule has 2 heterocycles. The summed E-state index contributed by atoms with van der Waals surface area (Å²) < 4.78 is 12.9.